The summed E-state index contributed by atoms with van der Waals surface area (Å²) in [5.41, 5.74) is 1.82. The molecule has 122 valence electrons. The van der Waals surface area contributed by atoms with Crippen molar-refractivity contribution in [2.75, 3.05) is 11.1 Å². The van der Waals surface area contributed by atoms with E-state index >= 15 is 0 Å². The number of rotatable bonds is 5. The zero-order valence-electron chi connectivity index (χ0n) is 13.4. The van der Waals surface area contributed by atoms with Gasteiger partial charge in [0.2, 0.25) is 0 Å². The molecule has 1 heterocycles. The molecule has 24 heavy (non-hydrogen) atoms. The van der Waals surface area contributed by atoms with E-state index in [1.807, 2.05) is 55.5 Å². The van der Waals surface area contributed by atoms with Gasteiger partial charge in [-0.05, 0) is 30.7 Å². The lowest BCUT2D eigenvalue weighted by atomic mass is 10.1. The third-order valence-corrected chi connectivity index (χ3v) is 5.13. The summed E-state index contributed by atoms with van der Waals surface area (Å²) < 4.78 is 5.73. The van der Waals surface area contributed by atoms with Crippen LogP contribution in [-0.4, -0.2) is 17.8 Å². The highest BCUT2D eigenvalue weighted by Crippen LogP contribution is 2.31. The molecule has 0 fully saturated rings. The Morgan fingerprint density at radius 1 is 1.33 bits per heavy atom. The van der Waals surface area contributed by atoms with Crippen molar-refractivity contribution < 1.29 is 9.53 Å². The molecule has 2 atom stereocenters. The van der Waals surface area contributed by atoms with Gasteiger partial charge in [0.25, 0.3) is 5.91 Å². The predicted molar refractivity (Wildman–Crippen MR) is 95.1 cm³/mol. The normalized spacial score (nSPS) is 16.6. The van der Waals surface area contributed by atoms with Crippen LogP contribution in [0.5, 0.6) is 5.75 Å². The first-order valence-corrected chi connectivity index (χ1v) is 8.83. The Labute approximate surface area is 145 Å². The van der Waals surface area contributed by atoms with Crippen molar-refractivity contribution in [3.8, 4) is 11.8 Å². The molecule has 1 amide bonds. The molecule has 0 unspecified atom stereocenters. The Balaban J connectivity index is 1.66. The summed E-state index contributed by atoms with van der Waals surface area (Å²) >= 11 is 1.57. The Morgan fingerprint density at radius 3 is 2.88 bits per heavy atom. The molecule has 0 aliphatic carbocycles. The van der Waals surface area contributed by atoms with Crippen LogP contribution < -0.4 is 10.1 Å². The summed E-state index contributed by atoms with van der Waals surface area (Å²) in [6, 6.07) is 17.6. The largest absolute Gasteiger partial charge is 0.480 e. The van der Waals surface area contributed by atoms with Gasteiger partial charge in [-0.1, -0.05) is 30.3 Å². The lowest BCUT2D eigenvalue weighted by Crippen LogP contribution is -2.31. The zero-order valence-corrected chi connectivity index (χ0v) is 14.2. The molecule has 0 bridgehead atoms. The second kappa shape index (κ2) is 7.41. The van der Waals surface area contributed by atoms with Gasteiger partial charge in [0.15, 0.2) is 6.10 Å². The Hall–Kier alpha value is -2.45. The van der Waals surface area contributed by atoms with Crippen molar-refractivity contribution in [2.45, 2.75) is 24.3 Å². The standard InChI is InChI=1S/C19H18N2O2S/c1-13(11-20)12-24-18-9-5-3-7-15(18)21-19(22)17-10-14-6-2-4-8-16(14)23-17/h2-9,13,17H,10,12H2,1H3,(H,21,22)/t13-,17-/m1/s1. The smallest absolute Gasteiger partial charge is 0.265 e. The fraction of sp³-hybridized carbons (Fsp3) is 0.263. The molecule has 5 heteroatoms. The number of amides is 1. The number of anilines is 1. The van der Waals surface area contributed by atoms with Crippen molar-refractivity contribution in [1.29, 1.82) is 5.26 Å². The van der Waals surface area contributed by atoms with E-state index in [-0.39, 0.29) is 11.8 Å². The van der Waals surface area contributed by atoms with Gasteiger partial charge in [0, 0.05) is 17.1 Å². The number of thioether (sulfide) groups is 1. The number of hydrogen-bond acceptors (Lipinski definition) is 4. The van der Waals surface area contributed by atoms with Gasteiger partial charge in [-0.15, -0.1) is 11.8 Å². The fourth-order valence-corrected chi connectivity index (χ4v) is 3.44. The van der Waals surface area contributed by atoms with E-state index in [2.05, 4.69) is 11.4 Å². The van der Waals surface area contributed by atoms with Gasteiger partial charge < -0.3 is 10.1 Å². The zero-order chi connectivity index (χ0) is 16.9. The molecule has 1 N–H and O–H groups in total. The average molecular weight is 338 g/mol. The van der Waals surface area contributed by atoms with E-state index in [0.29, 0.717) is 12.2 Å². The van der Waals surface area contributed by atoms with Gasteiger partial charge in [0.05, 0.1) is 17.7 Å². The minimum Gasteiger partial charge on any atom is -0.480 e. The quantitative estimate of drug-likeness (QED) is 0.841. The molecule has 4 nitrogen and oxygen atoms in total. The van der Waals surface area contributed by atoms with Crippen molar-refractivity contribution in [3.05, 3.63) is 54.1 Å². The van der Waals surface area contributed by atoms with Gasteiger partial charge in [0.1, 0.15) is 5.75 Å². The Bertz CT molecular complexity index is 760. The highest BCUT2D eigenvalue weighted by atomic mass is 32.2. The van der Waals surface area contributed by atoms with Crippen LogP contribution >= 0.6 is 11.8 Å². The molecule has 0 saturated carbocycles. The fourth-order valence-electron chi connectivity index (χ4n) is 2.49. The van der Waals surface area contributed by atoms with Crippen LogP contribution in [0.3, 0.4) is 0 Å². The van der Waals surface area contributed by atoms with Gasteiger partial charge in [-0.3, -0.25) is 4.79 Å². The summed E-state index contributed by atoms with van der Waals surface area (Å²) in [5, 5.41) is 11.9. The van der Waals surface area contributed by atoms with E-state index in [1.54, 1.807) is 11.8 Å². The van der Waals surface area contributed by atoms with E-state index in [0.717, 1.165) is 21.9 Å². The lowest BCUT2D eigenvalue weighted by molar-refractivity contribution is -0.122. The molecule has 0 saturated heterocycles. The van der Waals surface area contributed by atoms with Crippen molar-refractivity contribution in [2.24, 2.45) is 5.92 Å². The van der Waals surface area contributed by atoms with Crippen LogP contribution in [-0.2, 0) is 11.2 Å². The summed E-state index contributed by atoms with van der Waals surface area (Å²) in [5.74, 6) is 1.29. The monoisotopic (exact) mass is 338 g/mol. The molecule has 0 spiro atoms. The maximum atomic E-state index is 12.5. The highest BCUT2D eigenvalue weighted by Gasteiger charge is 2.29. The summed E-state index contributed by atoms with van der Waals surface area (Å²) in [4.78, 5) is 13.5. The van der Waals surface area contributed by atoms with Crippen LogP contribution in [0.15, 0.2) is 53.4 Å². The number of ether oxygens (including phenoxy) is 1. The second-order valence-corrected chi connectivity index (χ2v) is 6.81. The van der Waals surface area contributed by atoms with Crippen LogP contribution in [0.1, 0.15) is 12.5 Å². The molecule has 3 rings (SSSR count). The summed E-state index contributed by atoms with van der Waals surface area (Å²) in [7, 11) is 0. The third kappa shape index (κ3) is 3.72. The molecule has 0 radical (unpaired) electrons. The summed E-state index contributed by atoms with van der Waals surface area (Å²) in [6.45, 7) is 1.89. The molecule has 0 aromatic heterocycles. The first kappa shape index (κ1) is 16.4. The lowest BCUT2D eigenvalue weighted by Gasteiger charge is -2.14. The van der Waals surface area contributed by atoms with Gasteiger partial charge in [-0.2, -0.15) is 5.26 Å². The van der Waals surface area contributed by atoms with Crippen LogP contribution in [0.25, 0.3) is 0 Å². The topological polar surface area (TPSA) is 62.1 Å². The van der Waals surface area contributed by atoms with Crippen LogP contribution in [0.4, 0.5) is 5.69 Å². The number of nitriles is 1. The molecule has 1 aliphatic rings. The molecule has 2 aromatic rings. The molecule has 1 aliphatic heterocycles. The SMILES string of the molecule is C[C@H](C#N)CSc1ccccc1NC(=O)[C@H]1Cc2ccccc2O1. The molecular formula is C19H18N2O2S. The van der Waals surface area contributed by atoms with Crippen molar-refractivity contribution in [3.63, 3.8) is 0 Å². The average Bonchev–Trinajstić information content (AvgIpc) is 3.05. The predicted octanol–water partition coefficient (Wildman–Crippen LogP) is 3.88. The number of carbonyl (C=O) groups is 1. The maximum Gasteiger partial charge on any atom is 0.265 e. The number of nitrogens with one attached hydrogen (secondary N) is 1. The van der Waals surface area contributed by atoms with Crippen LogP contribution in [0, 0.1) is 17.2 Å². The Kier molecular flexibility index (Phi) is 5.07. The van der Waals surface area contributed by atoms with E-state index < -0.39 is 6.10 Å². The summed E-state index contributed by atoms with van der Waals surface area (Å²) in [6.07, 6.45) is 0.0847. The van der Waals surface area contributed by atoms with Crippen molar-refractivity contribution >= 4 is 23.4 Å². The first-order valence-electron chi connectivity index (χ1n) is 7.84. The number of para-hydroxylation sites is 2. The minimum atomic E-state index is -0.501. The Morgan fingerprint density at radius 2 is 2.08 bits per heavy atom. The van der Waals surface area contributed by atoms with Gasteiger partial charge in [-0.25, -0.2) is 0 Å². The number of carbonyl (C=O) groups excluding carboxylic acids is 1. The van der Waals surface area contributed by atoms with Crippen LogP contribution in [0.2, 0.25) is 0 Å². The number of fused-ring (bicyclic) bond motifs is 1. The third-order valence-electron chi connectivity index (χ3n) is 3.79. The number of hydrogen-bond donors (Lipinski definition) is 1. The second-order valence-electron chi connectivity index (χ2n) is 5.74. The number of benzene rings is 2. The van der Waals surface area contributed by atoms with E-state index in [1.165, 1.54) is 0 Å². The first-order chi connectivity index (χ1) is 11.7. The van der Waals surface area contributed by atoms with E-state index in [4.69, 9.17) is 10.00 Å². The van der Waals surface area contributed by atoms with Gasteiger partial charge >= 0.3 is 0 Å². The van der Waals surface area contributed by atoms with Crippen molar-refractivity contribution in [1.82, 2.24) is 0 Å². The highest BCUT2D eigenvalue weighted by molar-refractivity contribution is 7.99. The minimum absolute atomic E-state index is 0.0357. The van der Waals surface area contributed by atoms with E-state index in [9.17, 15) is 4.79 Å². The molecular weight excluding hydrogens is 320 g/mol. The molecule has 2 aromatic carbocycles. The number of nitrogens with zero attached hydrogens (tertiary/aromatic N) is 1. The maximum absolute atomic E-state index is 12.5.